The normalized spacial score (nSPS) is 15.7. The van der Waals surface area contributed by atoms with Gasteiger partial charge >= 0.3 is 5.97 Å². The van der Waals surface area contributed by atoms with Gasteiger partial charge in [-0.3, -0.25) is 9.69 Å². The Morgan fingerprint density at radius 2 is 1.96 bits per heavy atom. The smallest absolute Gasteiger partial charge is 0.307 e. The highest BCUT2D eigenvalue weighted by atomic mass is 35.5. The SMILES string of the molecule is O=C(O)Cc1cccc(CN2CCCN(c3nc4ccc(Cl)cc4s3)CC2)c1. The average molecular weight is 416 g/mol. The molecule has 0 radical (unpaired) electrons. The summed E-state index contributed by atoms with van der Waals surface area (Å²) in [7, 11) is 0. The van der Waals surface area contributed by atoms with Crippen LogP contribution in [0.15, 0.2) is 42.5 Å². The molecule has 1 N–H and O–H groups in total. The molecular weight excluding hydrogens is 394 g/mol. The first-order valence-electron chi connectivity index (χ1n) is 9.40. The van der Waals surface area contributed by atoms with E-state index in [1.807, 2.05) is 36.4 Å². The number of hydrogen-bond donors (Lipinski definition) is 1. The lowest BCUT2D eigenvalue weighted by molar-refractivity contribution is -0.136. The highest BCUT2D eigenvalue weighted by Gasteiger charge is 2.18. The van der Waals surface area contributed by atoms with Crippen molar-refractivity contribution in [1.82, 2.24) is 9.88 Å². The summed E-state index contributed by atoms with van der Waals surface area (Å²) in [6.07, 6.45) is 1.15. The Morgan fingerprint density at radius 3 is 2.82 bits per heavy atom. The second kappa shape index (κ2) is 8.47. The van der Waals surface area contributed by atoms with Gasteiger partial charge in [0.25, 0.3) is 0 Å². The number of aliphatic carboxylic acids is 1. The Morgan fingerprint density at radius 1 is 1.11 bits per heavy atom. The van der Waals surface area contributed by atoms with Crippen molar-refractivity contribution >= 4 is 44.3 Å². The molecule has 1 aromatic heterocycles. The van der Waals surface area contributed by atoms with Crippen LogP contribution in [0.4, 0.5) is 5.13 Å². The zero-order chi connectivity index (χ0) is 19.5. The molecule has 1 fully saturated rings. The topological polar surface area (TPSA) is 56.7 Å². The molecule has 7 heteroatoms. The van der Waals surface area contributed by atoms with Crippen molar-refractivity contribution < 1.29 is 9.90 Å². The number of nitrogens with zero attached hydrogens (tertiary/aromatic N) is 3. The lowest BCUT2D eigenvalue weighted by atomic mass is 10.1. The molecule has 1 saturated heterocycles. The summed E-state index contributed by atoms with van der Waals surface area (Å²) in [6, 6.07) is 13.7. The molecule has 146 valence electrons. The molecule has 0 aliphatic carbocycles. The Hall–Kier alpha value is -2.15. The first-order valence-corrected chi connectivity index (χ1v) is 10.6. The molecule has 5 nitrogen and oxygen atoms in total. The summed E-state index contributed by atoms with van der Waals surface area (Å²) in [5.74, 6) is -0.792. The molecule has 4 rings (SSSR count). The summed E-state index contributed by atoms with van der Waals surface area (Å²) < 4.78 is 1.12. The van der Waals surface area contributed by atoms with Crippen LogP contribution in [0.5, 0.6) is 0 Å². The van der Waals surface area contributed by atoms with Gasteiger partial charge < -0.3 is 10.0 Å². The molecule has 3 aromatic rings. The maximum Gasteiger partial charge on any atom is 0.307 e. The predicted molar refractivity (Wildman–Crippen MR) is 115 cm³/mol. The van der Waals surface area contributed by atoms with Crippen LogP contribution in [0.3, 0.4) is 0 Å². The van der Waals surface area contributed by atoms with Gasteiger partial charge in [-0.15, -0.1) is 0 Å². The van der Waals surface area contributed by atoms with Crippen LogP contribution < -0.4 is 4.90 Å². The van der Waals surface area contributed by atoms with Crippen LogP contribution in [0.25, 0.3) is 10.2 Å². The number of carboxylic acid groups (broad SMARTS) is 1. The fraction of sp³-hybridized carbons (Fsp3) is 0.333. The Kier molecular flexibility index (Phi) is 5.80. The number of benzene rings is 2. The first-order chi connectivity index (χ1) is 13.6. The third kappa shape index (κ3) is 4.63. The van der Waals surface area contributed by atoms with Gasteiger partial charge in [-0.25, -0.2) is 4.98 Å². The van der Waals surface area contributed by atoms with Gasteiger partial charge in [0.1, 0.15) is 0 Å². The monoisotopic (exact) mass is 415 g/mol. The van der Waals surface area contributed by atoms with Crippen LogP contribution in [0.1, 0.15) is 17.5 Å². The molecule has 2 aromatic carbocycles. The molecule has 0 spiro atoms. The summed E-state index contributed by atoms with van der Waals surface area (Å²) in [5, 5.41) is 10.8. The zero-order valence-corrected chi connectivity index (χ0v) is 17.0. The second-order valence-electron chi connectivity index (χ2n) is 7.12. The van der Waals surface area contributed by atoms with Crippen molar-refractivity contribution in [1.29, 1.82) is 0 Å². The fourth-order valence-corrected chi connectivity index (χ4v) is 4.91. The number of thiazole rings is 1. The van der Waals surface area contributed by atoms with Crippen LogP contribution in [0.2, 0.25) is 5.02 Å². The van der Waals surface area contributed by atoms with Crippen LogP contribution >= 0.6 is 22.9 Å². The van der Waals surface area contributed by atoms with Crippen molar-refractivity contribution in [3.63, 3.8) is 0 Å². The highest BCUT2D eigenvalue weighted by Crippen LogP contribution is 2.31. The largest absolute Gasteiger partial charge is 0.481 e. The molecular formula is C21H22ClN3O2S. The van der Waals surface area contributed by atoms with E-state index in [-0.39, 0.29) is 6.42 Å². The minimum absolute atomic E-state index is 0.0727. The zero-order valence-electron chi connectivity index (χ0n) is 15.5. The van der Waals surface area contributed by atoms with Crippen molar-refractivity contribution in [2.45, 2.75) is 19.4 Å². The van der Waals surface area contributed by atoms with E-state index in [0.717, 1.165) is 65.1 Å². The minimum Gasteiger partial charge on any atom is -0.481 e. The summed E-state index contributed by atoms with van der Waals surface area (Å²) >= 11 is 7.80. The summed E-state index contributed by atoms with van der Waals surface area (Å²) in [4.78, 5) is 20.5. The van der Waals surface area contributed by atoms with E-state index in [9.17, 15) is 4.79 Å². The maximum absolute atomic E-state index is 10.9. The van der Waals surface area contributed by atoms with E-state index in [1.165, 1.54) is 5.56 Å². The van der Waals surface area contributed by atoms with Crippen LogP contribution in [-0.4, -0.2) is 47.1 Å². The molecule has 2 heterocycles. The minimum atomic E-state index is -0.792. The quantitative estimate of drug-likeness (QED) is 0.673. The highest BCUT2D eigenvalue weighted by molar-refractivity contribution is 7.22. The van der Waals surface area contributed by atoms with Gasteiger partial charge in [0.15, 0.2) is 5.13 Å². The number of halogens is 1. The fourth-order valence-electron chi connectivity index (χ4n) is 3.61. The Bertz CT molecular complexity index is 991. The number of aromatic nitrogens is 1. The van der Waals surface area contributed by atoms with Crippen LogP contribution in [0, 0.1) is 0 Å². The average Bonchev–Trinajstić information content (AvgIpc) is 2.92. The van der Waals surface area contributed by atoms with Crippen molar-refractivity contribution in [2.24, 2.45) is 0 Å². The molecule has 0 unspecified atom stereocenters. The second-order valence-corrected chi connectivity index (χ2v) is 8.56. The molecule has 0 bridgehead atoms. The van der Waals surface area contributed by atoms with E-state index >= 15 is 0 Å². The third-order valence-electron chi connectivity index (χ3n) is 4.95. The van der Waals surface area contributed by atoms with Gasteiger partial charge in [0.05, 0.1) is 16.6 Å². The molecule has 0 saturated carbocycles. The van der Waals surface area contributed by atoms with E-state index in [1.54, 1.807) is 11.3 Å². The molecule has 28 heavy (non-hydrogen) atoms. The van der Waals surface area contributed by atoms with Gasteiger partial charge in [-0.2, -0.15) is 0 Å². The molecule has 0 atom stereocenters. The predicted octanol–water partition coefficient (Wildman–Crippen LogP) is 4.29. The Balaban J connectivity index is 1.41. The molecule has 0 amide bonds. The van der Waals surface area contributed by atoms with E-state index in [0.29, 0.717) is 0 Å². The number of carboxylic acids is 1. The van der Waals surface area contributed by atoms with E-state index < -0.39 is 5.97 Å². The number of fused-ring (bicyclic) bond motifs is 1. The van der Waals surface area contributed by atoms with Gasteiger partial charge in [-0.1, -0.05) is 47.2 Å². The van der Waals surface area contributed by atoms with Crippen LogP contribution in [-0.2, 0) is 17.8 Å². The number of hydrogen-bond acceptors (Lipinski definition) is 5. The number of carbonyl (C=O) groups is 1. The summed E-state index contributed by atoms with van der Waals surface area (Å²) in [6.45, 7) is 4.75. The van der Waals surface area contributed by atoms with Crippen molar-refractivity contribution in [3.8, 4) is 0 Å². The Labute approximate surface area is 173 Å². The molecule has 1 aliphatic heterocycles. The summed E-state index contributed by atoms with van der Waals surface area (Å²) in [5.41, 5.74) is 3.03. The molecule has 1 aliphatic rings. The van der Waals surface area contributed by atoms with Gasteiger partial charge in [0.2, 0.25) is 0 Å². The van der Waals surface area contributed by atoms with E-state index in [2.05, 4.69) is 15.9 Å². The maximum atomic E-state index is 10.9. The van der Waals surface area contributed by atoms with Crippen molar-refractivity contribution in [2.75, 3.05) is 31.1 Å². The van der Waals surface area contributed by atoms with Gasteiger partial charge in [0, 0.05) is 37.7 Å². The lowest BCUT2D eigenvalue weighted by Crippen LogP contribution is -2.30. The standard InChI is InChI=1S/C21H22ClN3O2S/c22-17-5-6-18-19(13-17)28-21(23-18)25-8-2-7-24(9-10-25)14-16-4-1-3-15(11-16)12-20(26)27/h1,3-6,11,13H,2,7-10,12,14H2,(H,26,27). The van der Waals surface area contributed by atoms with Gasteiger partial charge in [-0.05, 0) is 35.7 Å². The first kappa shape index (κ1) is 19.2. The third-order valence-corrected chi connectivity index (χ3v) is 6.27. The van der Waals surface area contributed by atoms with E-state index in [4.69, 9.17) is 21.7 Å². The van der Waals surface area contributed by atoms with Crippen molar-refractivity contribution in [3.05, 3.63) is 58.6 Å². The number of rotatable bonds is 5. The lowest BCUT2D eigenvalue weighted by Gasteiger charge is -2.21. The number of anilines is 1.